The van der Waals surface area contributed by atoms with Gasteiger partial charge in [-0.05, 0) is 23.3 Å². The highest BCUT2D eigenvalue weighted by atomic mass is 16.7. The third-order valence-corrected chi connectivity index (χ3v) is 3.03. The van der Waals surface area contributed by atoms with E-state index in [0.717, 1.165) is 16.2 Å². The summed E-state index contributed by atoms with van der Waals surface area (Å²) in [5, 5.41) is 3.17. The normalized spacial score (nSPS) is 10.0. The van der Waals surface area contributed by atoms with Gasteiger partial charge in [-0.2, -0.15) is 0 Å². The Labute approximate surface area is 123 Å². The second kappa shape index (κ2) is 6.67. The first-order valence-corrected chi connectivity index (χ1v) is 6.40. The number of urea groups is 1. The van der Waals surface area contributed by atoms with E-state index in [9.17, 15) is 9.59 Å². The van der Waals surface area contributed by atoms with Crippen LogP contribution in [0.25, 0.3) is 11.1 Å². The fourth-order valence-electron chi connectivity index (χ4n) is 1.78. The zero-order valence-electron chi connectivity index (χ0n) is 11.9. The number of nitrogens with one attached hydrogen (secondary N) is 1. The molecule has 0 unspecified atom stereocenters. The Morgan fingerprint density at radius 2 is 1.52 bits per heavy atom. The lowest BCUT2D eigenvalue weighted by Crippen LogP contribution is -2.40. The Hall–Kier alpha value is -2.66. The van der Waals surface area contributed by atoms with Crippen molar-refractivity contribution in [2.45, 2.75) is 0 Å². The number of benzene rings is 2. The zero-order valence-corrected chi connectivity index (χ0v) is 11.9. The van der Waals surface area contributed by atoms with Gasteiger partial charge < -0.3 is 0 Å². The number of imide groups is 1. The van der Waals surface area contributed by atoms with Gasteiger partial charge in [0.15, 0.2) is 0 Å². The van der Waals surface area contributed by atoms with Gasteiger partial charge in [-0.3, -0.25) is 14.9 Å². The molecule has 0 aromatic heterocycles. The van der Waals surface area contributed by atoms with E-state index in [0.29, 0.717) is 5.56 Å². The van der Waals surface area contributed by atoms with Gasteiger partial charge in [0, 0.05) is 12.6 Å². The molecule has 0 aliphatic heterocycles. The molecule has 2 rings (SSSR count). The van der Waals surface area contributed by atoms with Crippen molar-refractivity contribution in [1.29, 1.82) is 0 Å². The molecular weight excluding hydrogens is 268 g/mol. The summed E-state index contributed by atoms with van der Waals surface area (Å²) in [7, 11) is 2.76. The summed E-state index contributed by atoms with van der Waals surface area (Å²) in [6, 6.07) is 16.3. The zero-order chi connectivity index (χ0) is 15.2. The van der Waals surface area contributed by atoms with E-state index in [1.54, 1.807) is 12.1 Å². The van der Waals surface area contributed by atoms with E-state index in [1.807, 2.05) is 42.5 Å². The lowest BCUT2D eigenvalue weighted by Gasteiger charge is -2.13. The molecule has 0 saturated carbocycles. The quantitative estimate of drug-likeness (QED) is 0.882. The monoisotopic (exact) mass is 284 g/mol. The molecule has 108 valence electrons. The van der Waals surface area contributed by atoms with E-state index in [4.69, 9.17) is 4.84 Å². The van der Waals surface area contributed by atoms with Gasteiger partial charge in [0.25, 0.3) is 5.91 Å². The molecule has 2 aromatic carbocycles. The van der Waals surface area contributed by atoms with Crippen LogP contribution in [0.3, 0.4) is 0 Å². The minimum absolute atomic E-state index is 0.410. The van der Waals surface area contributed by atoms with Crippen molar-refractivity contribution in [2.24, 2.45) is 0 Å². The van der Waals surface area contributed by atoms with Crippen molar-refractivity contribution >= 4 is 11.9 Å². The molecule has 5 nitrogen and oxygen atoms in total. The maximum atomic E-state index is 11.9. The molecule has 0 spiro atoms. The smallest absolute Gasteiger partial charge is 0.273 e. The first-order valence-electron chi connectivity index (χ1n) is 6.40. The van der Waals surface area contributed by atoms with Crippen LogP contribution in [0.4, 0.5) is 4.79 Å². The molecule has 0 saturated heterocycles. The van der Waals surface area contributed by atoms with Crippen LogP contribution in [0, 0.1) is 0 Å². The summed E-state index contributed by atoms with van der Waals surface area (Å²) in [6.07, 6.45) is 0. The maximum Gasteiger partial charge on any atom is 0.347 e. The molecule has 21 heavy (non-hydrogen) atoms. The van der Waals surface area contributed by atoms with Crippen LogP contribution in [-0.4, -0.2) is 31.2 Å². The van der Waals surface area contributed by atoms with Crippen molar-refractivity contribution in [1.82, 2.24) is 10.4 Å². The van der Waals surface area contributed by atoms with Crippen LogP contribution >= 0.6 is 0 Å². The molecule has 0 aliphatic rings. The number of rotatable bonds is 3. The van der Waals surface area contributed by atoms with Crippen LogP contribution in [0.5, 0.6) is 0 Å². The summed E-state index contributed by atoms with van der Waals surface area (Å²) in [6.45, 7) is 0. The van der Waals surface area contributed by atoms with E-state index in [2.05, 4.69) is 5.32 Å². The van der Waals surface area contributed by atoms with Gasteiger partial charge in [-0.25, -0.2) is 9.86 Å². The number of hydrogen-bond acceptors (Lipinski definition) is 3. The lowest BCUT2D eigenvalue weighted by molar-refractivity contribution is -0.0639. The number of amides is 3. The second-order valence-corrected chi connectivity index (χ2v) is 4.38. The van der Waals surface area contributed by atoms with Gasteiger partial charge in [0.1, 0.15) is 0 Å². The molecule has 0 atom stereocenters. The number of hydroxylamine groups is 2. The summed E-state index contributed by atoms with van der Waals surface area (Å²) in [5.41, 5.74) is 2.49. The Balaban J connectivity index is 2.09. The summed E-state index contributed by atoms with van der Waals surface area (Å²) in [5.74, 6) is -0.469. The lowest BCUT2D eigenvalue weighted by atomic mass is 10.0. The standard InChI is InChI=1S/C16H16N2O3/c1-18(21-2)16(20)17-15(19)14-10-8-13(9-11-14)12-6-4-3-5-7-12/h3-11H,1-2H3,(H,17,19,20). The number of carbonyl (C=O) groups excluding carboxylic acids is 2. The van der Waals surface area contributed by atoms with Crippen LogP contribution in [0.1, 0.15) is 10.4 Å². The minimum atomic E-state index is -0.616. The average molecular weight is 284 g/mol. The molecule has 0 fully saturated rings. The highest BCUT2D eigenvalue weighted by molar-refractivity contribution is 6.04. The molecule has 0 heterocycles. The van der Waals surface area contributed by atoms with E-state index in [-0.39, 0.29) is 0 Å². The third-order valence-electron chi connectivity index (χ3n) is 3.03. The SMILES string of the molecule is CON(C)C(=O)NC(=O)c1ccc(-c2ccccc2)cc1. The first-order chi connectivity index (χ1) is 10.1. The van der Waals surface area contributed by atoms with Crippen molar-refractivity contribution in [3.8, 4) is 11.1 Å². The van der Waals surface area contributed by atoms with Crippen LogP contribution in [0.2, 0.25) is 0 Å². The minimum Gasteiger partial charge on any atom is -0.273 e. The van der Waals surface area contributed by atoms with Gasteiger partial charge in [-0.15, -0.1) is 0 Å². The number of carbonyl (C=O) groups is 2. The predicted octanol–water partition coefficient (Wildman–Crippen LogP) is 2.70. The maximum absolute atomic E-state index is 11.9. The van der Waals surface area contributed by atoms with Crippen molar-refractivity contribution in [3.05, 3.63) is 60.2 Å². The molecule has 0 radical (unpaired) electrons. The van der Waals surface area contributed by atoms with Gasteiger partial charge >= 0.3 is 6.03 Å². The Bertz CT molecular complexity index is 624. The molecule has 0 aliphatic carbocycles. The van der Waals surface area contributed by atoms with Gasteiger partial charge in [0.2, 0.25) is 0 Å². The second-order valence-electron chi connectivity index (χ2n) is 4.38. The predicted molar refractivity (Wildman–Crippen MR) is 79.5 cm³/mol. The Kier molecular flexibility index (Phi) is 4.68. The largest absolute Gasteiger partial charge is 0.347 e. The molecular formula is C16H16N2O3. The fraction of sp³-hybridized carbons (Fsp3) is 0.125. The van der Waals surface area contributed by atoms with Gasteiger partial charge in [-0.1, -0.05) is 42.5 Å². The van der Waals surface area contributed by atoms with Crippen LogP contribution < -0.4 is 5.32 Å². The summed E-state index contributed by atoms with van der Waals surface area (Å²) in [4.78, 5) is 28.1. The molecule has 0 bridgehead atoms. The van der Waals surface area contributed by atoms with Crippen molar-refractivity contribution < 1.29 is 14.4 Å². The number of nitrogens with zero attached hydrogens (tertiary/aromatic N) is 1. The Morgan fingerprint density at radius 1 is 0.952 bits per heavy atom. The van der Waals surface area contributed by atoms with Gasteiger partial charge in [0.05, 0.1) is 7.11 Å². The Morgan fingerprint density at radius 3 is 2.10 bits per heavy atom. The van der Waals surface area contributed by atoms with E-state index >= 15 is 0 Å². The van der Waals surface area contributed by atoms with Crippen molar-refractivity contribution in [3.63, 3.8) is 0 Å². The molecule has 2 aromatic rings. The summed E-state index contributed by atoms with van der Waals surface area (Å²) < 4.78 is 0. The fourth-order valence-corrected chi connectivity index (χ4v) is 1.78. The van der Waals surface area contributed by atoms with Crippen LogP contribution in [0.15, 0.2) is 54.6 Å². The molecule has 5 heteroatoms. The average Bonchev–Trinajstić information content (AvgIpc) is 2.55. The van der Waals surface area contributed by atoms with E-state index in [1.165, 1.54) is 14.2 Å². The topological polar surface area (TPSA) is 58.6 Å². The van der Waals surface area contributed by atoms with Crippen LogP contribution in [-0.2, 0) is 4.84 Å². The molecule has 3 amide bonds. The number of hydrogen-bond donors (Lipinski definition) is 1. The highest BCUT2D eigenvalue weighted by Crippen LogP contribution is 2.19. The first kappa shape index (κ1) is 14.7. The van der Waals surface area contributed by atoms with E-state index < -0.39 is 11.9 Å². The third kappa shape index (κ3) is 3.67. The highest BCUT2D eigenvalue weighted by Gasteiger charge is 2.13. The summed E-state index contributed by atoms with van der Waals surface area (Å²) >= 11 is 0. The van der Waals surface area contributed by atoms with Crippen molar-refractivity contribution in [2.75, 3.05) is 14.2 Å². The molecule has 1 N–H and O–H groups in total.